The summed E-state index contributed by atoms with van der Waals surface area (Å²) in [5.74, 6) is -0.313. The Morgan fingerprint density at radius 1 is 1.30 bits per heavy atom. The molecule has 2 aliphatic heterocycles. The van der Waals surface area contributed by atoms with Gasteiger partial charge in [-0.05, 0) is 26.0 Å². The van der Waals surface area contributed by atoms with E-state index in [4.69, 9.17) is 14.2 Å². The maximum atomic E-state index is 12.5. The minimum Gasteiger partial charge on any atom is -0.495 e. The van der Waals surface area contributed by atoms with Gasteiger partial charge in [-0.15, -0.1) is 11.3 Å². The smallest absolute Gasteiger partial charge is 0.324 e. The van der Waals surface area contributed by atoms with E-state index < -0.39 is 23.0 Å². The van der Waals surface area contributed by atoms with Gasteiger partial charge in [0.05, 0.1) is 18.5 Å². The number of para-hydroxylation sites is 2. The van der Waals surface area contributed by atoms with Crippen LogP contribution in [0.15, 0.2) is 29.6 Å². The van der Waals surface area contributed by atoms with E-state index in [0.717, 1.165) is 5.69 Å². The fraction of sp³-hybridized carbons (Fsp3) is 0.421. The topological polar surface area (TPSA) is 86.8 Å². The van der Waals surface area contributed by atoms with E-state index in [1.165, 1.54) is 11.3 Å². The second kappa shape index (κ2) is 6.23. The Bertz CT molecular complexity index is 913. The van der Waals surface area contributed by atoms with Crippen LogP contribution in [-0.2, 0) is 24.7 Å². The van der Waals surface area contributed by atoms with Crippen molar-refractivity contribution in [3.8, 4) is 5.75 Å². The van der Waals surface area contributed by atoms with Gasteiger partial charge in [-0.2, -0.15) is 0 Å². The van der Waals surface area contributed by atoms with E-state index in [1.54, 1.807) is 21.0 Å². The van der Waals surface area contributed by atoms with Crippen molar-refractivity contribution in [3.63, 3.8) is 0 Å². The summed E-state index contributed by atoms with van der Waals surface area (Å²) in [5, 5.41) is 5.71. The van der Waals surface area contributed by atoms with Crippen molar-refractivity contribution < 1.29 is 23.8 Å². The zero-order valence-electron chi connectivity index (χ0n) is 15.3. The zero-order chi connectivity index (χ0) is 19.2. The highest BCUT2D eigenvalue weighted by atomic mass is 32.1. The Kier molecular flexibility index (Phi) is 4.10. The molecule has 2 saturated heterocycles. The molecule has 0 saturated carbocycles. The number of carbonyl (C=O) groups is 2. The molecule has 1 aromatic carbocycles. The Balaban J connectivity index is 1.58. The predicted octanol–water partition coefficient (Wildman–Crippen LogP) is 3.38. The molecule has 4 rings (SSSR count). The van der Waals surface area contributed by atoms with Gasteiger partial charge in [0.25, 0.3) is 0 Å². The van der Waals surface area contributed by atoms with Crippen LogP contribution in [-0.4, -0.2) is 30.1 Å². The number of aromatic nitrogens is 1. The van der Waals surface area contributed by atoms with E-state index in [1.807, 2.05) is 29.6 Å². The second-order valence-electron chi connectivity index (χ2n) is 7.16. The Morgan fingerprint density at radius 3 is 2.78 bits per heavy atom. The first kappa shape index (κ1) is 17.8. The minimum absolute atomic E-state index is 0.236. The fourth-order valence-electron chi connectivity index (χ4n) is 3.79. The monoisotopic (exact) mass is 388 g/mol. The van der Waals surface area contributed by atoms with E-state index >= 15 is 0 Å². The third kappa shape index (κ3) is 2.84. The molecular formula is C19H20N2O5S. The van der Waals surface area contributed by atoms with Crippen molar-refractivity contribution in [2.75, 3.05) is 12.4 Å². The summed E-state index contributed by atoms with van der Waals surface area (Å²) < 4.78 is 16.2. The number of methoxy groups -OCH3 is 1. The Hall–Kier alpha value is -2.61. The maximum Gasteiger partial charge on any atom is 0.324 e. The van der Waals surface area contributed by atoms with E-state index in [-0.39, 0.29) is 12.5 Å². The number of rotatable bonds is 4. The summed E-state index contributed by atoms with van der Waals surface area (Å²) in [5.41, 5.74) is -0.771. The molecule has 7 nitrogen and oxygen atoms in total. The number of benzene rings is 1. The summed E-state index contributed by atoms with van der Waals surface area (Å²) in [4.78, 5) is 29.4. The first-order valence-corrected chi connectivity index (χ1v) is 9.55. The summed E-state index contributed by atoms with van der Waals surface area (Å²) in [6.45, 7) is 3.57. The van der Waals surface area contributed by atoms with Crippen LogP contribution in [0.5, 0.6) is 5.75 Å². The summed E-state index contributed by atoms with van der Waals surface area (Å²) in [6.07, 6.45) is 0.293. The highest BCUT2D eigenvalue weighted by Crippen LogP contribution is 2.52. The molecule has 8 heteroatoms. The molecule has 0 radical (unpaired) electrons. The molecular weight excluding hydrogens is 368 g/mol. The molecule has 0 bridgehead atoms. The van der Waals surface area contributed by atoms with Gasteiger partial charge in [-0.3, -0.25) is 9.59 Å². The highest BCUT2D eigenvalue weighted by molar-refractivity contribution is 7.13. The number of esters is 2. The molecule has 3 atom stereocenters. The van der Waals surface area contributed by atoms with Gasteiger partial charge >= 0.3 is 11.9 Å². The quantitative estimate of drug-likeness (QED) is 0.635. The number of hydrogen-bond donors (Lipinski definition) is 1. The van der Waals surface area contributed by atoms with Crippen molar-refractivity contribution in [2.45, 2.75) is 38.4 Å². The standard InChI is InChI=1S/C19H20N2O5S/c1-11-8-19(15(22)25-11)10-18(2,26-16(19)23)14-9-27-17(21-14)20-12-6-4-5-7-13(12)24-3/h4-7,9,11H,8,10H2,1-3H3,(H,20,21)/t11-,18-,19-/m0/s1. The molecule has 0 aliphatic carbocycles. The van der Waals surface area contributed by atoms with Crippen LogP contribution in [0.25, 0.3) is 0 Å². The zero-order valence-corrected chi connectivity index (χ0v) is 16.1. The van der Waals surface area contributed by atoms with E-state index in [2.05, 4.69) is 10.3 Å². The second-order valence-corrected chi connectivity index (χ2v) is 8.02. The largest absolute Gasteiger partial charge is 0.495 e. The lowest BCUT2D eigenvalue weighted by Crippen LogP contribution is -2.31. The van der Waals surface area contributed by atoms with Gasteiger partial charge in [0, 0.05) is 18.2 Å². The molecule has 27 heavy (non-hydrogen) atoms. The fourth-order valence-corrected chi connectivity index (χ4v) is 4.63. The molecule has 1 N–H and O–H groups in total. The molecule has 0 unspecified atom stereocenters. The number of ether oxygens (including phenoxy) is 3. The maximum absolute atomic E-state index is 12.5. The lowest BCUT2D eigenvalue weighted by Gasteiger charge is -2.20. The van der Waals surface area contributed by atoms with Crippen molar-refractivity contribution in [2.24, 2.45) is 5.41 Å². The first-order chi connectivity index (χ1) is 12.9. The number of anilines is 2. The van der Waals surface area contributed by atoms with Crippen LogP contribution in [0.3, 0.4) is 0 Å². The number of nitrogens with one attached hydrogen (secondary N) is 1. The predicted molar refractivity (Wildman–Crippen MR) is 99.1 cm³/mol. The lowest BCUT2D eigenvalue weighted by molar-refractivity contribution is -0.160. The van der Waals surface area contributed by atoms with Gasteiger partial charge in [-0.25, -0.2) is 4.98 Å². The van der Waals surface area contributed by atoms with Gasteiger partial charge < -0.3 is 19.5 Å². The Morgan fingerprint density at radius 2 is 2.07 bits per heavy atom. The third-order valence-electron chi connectivity index (χ3n) is 5.08. The molecule has 2 fully saturated rings. The summed E-state index contributed by atoms with van der Waals surface area (Å²) >= 11 is 1.40. The average molecular weight is 388 g/mol. The van der Waals surface area contributed by atoms with Crippen molar-refractivity contribution >= 4 is 34.1 Å². The molecule has 3 heterocycles. The van der Waals surface area contributed by atoms with Crippen molar-refractivity contribution in [1.82, 2.24) is 4.98 Å². The molecule has 142 valence electrons. The van der Waals surface area contributed by atoms with Crippen LogP contribution in [0.4, 0.5) is 10.8 Å². The Labute approximate surface area is 160 Å². The SMILES string of the molecule is COc1ccccc1Nc1nc([C@]2(C)C[C@]3(C[C@H](C)OC3=O)C(=O)O2)cs1. The third-order valence-corrected chi connectivity index (χ3v) is 5.83. The van der Waals surface area contributed by atoms with Crippen LogP contribution in [0, 0.1) is 5.41 Å². The number of cyclic esters (lactones) is 2. The first-order valence-electron chi connectivity index (χ1n) is 8.67. The van der Waals surface area contributed by atoms with Gasteiger partial charge in [0.2, 0.25) is 0 Å². The summed E-state index contributed by atoms with van der Waals surface area (Å²) in [6, 6.07) is 7.53. The van der Waals surface area contributed by atoms with Gasteiger partial charge in [0.15, 0.2) is 16.1 Å². The molecule has 1 aromatic heterocycles. The average Bonchev–Trinajstić information content (AvgIpc) is 3.27. The number of hydrogen-bond acceptors (Lipinski definition) is 8. The summed E-state index contributed by atoms with van der Waals surface area (Å²) in [7, 11) is 1.61. The molecule has 2 aromatic rings. The van der Waals surface area contributed by atoms with Crippen LogP contribution < -0.4 is 10.1 Å². The van der Waals surface area contributed by atoms with Crippen molar-refractivity contribution in [1.29, 1.82) is 0 Å². The van der Waals surface area contributed by atoms with E-state index in [0.29, 0.717) is 23.0 Å². The van der Waals surface area contributed by atoms with Crippen LogP contribution >= 0.6 is 11.3 Å². The molecule has 2 aliphatic rings. The number of nitrogens with zero attached hydrogens (tertiary/aromatic N) is 1. The molecule has 0 amide bonds. The highest BCUT2D eigenvalue weighted by Gasteiger charge is 2.65. The number of carbonyl (C=O) groups excluding carboxylic acids is 2. The van der Waals surface area contributed by atoms with Gasteiger partial charge in [-0.1, -0.05) is 12.1 Å². The number of thiazole rings is 1. The van der Waals surface area contributed by atoms with Crippen LogP contribution in [0.2, 0.25) is 0 Å². The van der Waals surface area contributed by atoms with E-state index in [9.17, 15) is 9.59 Å². The minimum atomic E-state index is -1.21. The van der Waals surface area contributed by atoms with Crippen LogP contribution in [0.1, 0.15) is 32.4 Å². The molecule has 1 spiro atoms. The normalized spacial score (nSPS) is 29.7. The van der Waals surface area contributed by atoms with Gasteiger partial charge in [0.1, 0.15) is 11.9 Å². The van der Waals surface area contributed by atoms with Crippen molar-refractivity contribution in [3.05, 3.63) is 35.3 Å². The lowest BCUT2D eigenvalue weighted by atomic mass is 9.78.